The Morgan fingerprint density at radius 2 is 2.33 bits per heavy atom. The molecule has 0 aromatic carbocycles. The zero-order chi connectivity index (χ0) is 15.3. The van der Waals surface area contributed by atoms with Gasteiger partial charge in [0, 0.05) is 12.8 Å². The maximum absolute atomic E-state index is 12.6. The molecule has 0 amide bonds. The quantitative estimate of drug-likeness (QED) is 0.552. The van der Waals surface area contributed by atoms with Gasteiger partial charge in [-0.15, -0.1) is 10.2 Å². The second-order valence-corrected chi connectivity index (χ2v) is 6.35. The van der Waals surface area contributed by atoms with Crippen LogP contribution in [0.2, 0.25) is 0 Å². The second kappa shape index (κ2) is 7.26. The second-order valence-electron chi connectivity index (χ2n) is 5.41. The summed E-state index contributed by atoms with van der Waals surface area (Å²) in [7, 11) is 1.91. The molecule has 1 aromatic heterocycles. The number of thioether (sulfide) groups is 1. The lowest BCUT2D eigenvalue weighted by molar-refractivity contribution is -0.151. The molecule has 7 heteroatoms. The van der Waals surface area contributed by atoms with Crippen LogP contribution in [0.3, 0.4) is 0 Å². The van der Waals surface area contributed by atoms with Crippen LogP contribution in [0.1, 0.15) is 33.1 Å². The van der Waals surface area contributed by atoms with Crippen LogP contribution in [-0.2, 0) is 16.6 Å². The number of nitrogens with one attached hydrogen (secondary N) is 1. The smallest absolute Gasteiger partial charge is 0.327 e. The SMILES string of the molecule is CCCNC(CSc1nncn1C)(C(=O)OCC)C1CC1. The van der Waals surface area contributed by atoms with Gasteiger partial charge in [-0.25, -0.2) is 0 Å². The van der Waals surface area contributed by atoms with Gasteiger partial charge in [0.05, 0.1) is 6.61 Å². The molecule has 118 valence electrons. The van der Waals surface area contributed by atoms with E-state index in [2.05, 4.69) is 22.4 Å². The first kappa shape index (κ1) is 16.3. The van der Waals surface area contributed by atoms with E-state index in [1.165, 1.54) is 0 Å². The number of carbonyl (C=O) groups is 1. The molecule has 1 heterocycles. The van der Waals surface area contributed by atoms with Gasteiger partial charge in [-0.2, -0.15) is 0 Å². The van der Waals surface area contributed by atoms with Gasteiger partial charge in [0.2, 0.25) is 0 Å². The summed E-state index contributed by atoms with van der Waals surface area (Å²) in [5.74, 6) is 0.864. The van der Waals surface area contributed by atoms with Crippen molar-refractivity contribution in [2.45, 2.75) is 43.8 Å². The minimum absolute atomic E-state index is 0.129. The van der Waals surface area contributed by atoms with Crippen molar-refractivity contribution < 1.29 is 9.53 Å². The molecule has 1 aliphatic rings. The Morgan fingerprint density at radius 1 is 1.57 bits per heavy atom. The van der Waals surface area contributed by atoms with E-state index in [1.807, 2.05) is 18.5 Å². The van der Waals surface area contributed by atoms with Gasteiger partial charge in [-0.3, -0.25) is 4.79 Å². The predicted octanol–water partition coefficient (Wildman–Crippen LogP) is 1.62. The number of nitrogens with zero attached hydrogens (tertiary/aromatic N) is 3. The summed E-state index contributed by atoms with van der Waals surface area (Å²) in [6.45, 7) is 5.18. The average molecular weight is 312 g/mol. The molecular weight excluding hydrogens is 288 g/mol. The number of aromatic nitrogens is 3. The fraction of sp³-hybridized carbons (Fsp3) is 0.786. The molecule has 6 nitrogen and oxygen atoms in total. The summed E-state index contributed by atoms with van der Waals surface area (Å²) in [5.41, 5.74) is -0.595. The molecule has 1 N–H and O–H groups in total. The van der Waals surface area contributed by atoms with E-state index in [0.717, 1.165) is 31.0 Å². The van der Waals surface area contributed by atoms with Crippen molar-refractivity contribution in [3.63, 3.8) is 0 Å². The van der Waals surface area contributed by atoms with Crippen LogP contribution in [0.25, 0.3) is 0 Å². The van der Waals surface area contributed by atoms with Gasteiger partial charge >= 0.3 is 5.97 Å². The fourth-order valence-corrected chi connectivity index (χ4v) is 3.54. The lowest BCUT2D eigenvalue weighted by Gasteiger charge is -2.32. The maximum Gasteiger partial charge on any atom is 0.327 e. The number of rotatable bonds is 9. The molecule has 1 unspecified atom stereocenters. The summed E-state index contributed by atoms with van der Waals surface area (Å²) >= 11 is 1.56. The molecule has 0 bridgehead atoms. The van der Waals surface area contributed by atoms with Crippen molar-refractivity contribution in [2.24, 2.45) is 13.0 Å². The Labute approximate surface area is 130 Å². The van der Waals surface area contributed by atoms with E-state index in [-0.39, 0.29) is 5.97 Å². The lowest BCUT2D eigenvalue weighted by atomic mass is 9.95. The van der Waals surface area contributed by atoms with E-state index in [9.17, 15) is 4.79 Å². The zero-order valence-corrected chi connectivity index (χ0v) is 13.8. The third kappa shape index (κ3) is 3.77. The Bertz CT molecular complexity index is 475. The Kier molecular flexibility index (Phi) is 5.64. The molecule has 1 atom stereocenters. The first-order chi connectivity index (χ1) is 10.1. The van der Waals surface area contributed by atoms with Gasteiger partial charge in [0.25, 0.3) is 0 Å². The molecule has 0 spiro atoms. The topological polar surface area (TPSA) is 69.0 Å². The molecule has 0 saturated heterocycles. The molecule has 1 saturated carbocycles. The minimum atomic E-state index is -0.595. The van der Waals surface area contributed by atoms with E-state index in [1.54, 1.807) is 18.1 Å². The standard InChI is InChI=1S/C14H24N4O2S/c1-4-8-15-14(11-6-7-11,12(19)20-5-2)9-21-13-17-16-10-18(13)3/h10-11,15H,4-9H2,1-3H3. The lowest BCUT2D eigenvalue weighted by Crippen LogP contribution is -2.57. The highest BCUT2D eigenvalue weighted by Gasteiger charge is 2.51. The van der Waals surface area contributed by atoms with Crippen LogP contribution in [0.15, 0.2) is 11.5 Å². The largest absolute Gasteiger partial charge is 0.465 e. The van der Waals surface area contributed by atoms with Crippen molar-refractivity contribution in [1.82, 2.24) is 20.1 Å². The van der Waals surface area contributed by atoms with Crippen LogP contribution in [0, 0.1) is 5.92 Å². The van der Waals surface area contributed by atoms with Gasteiger partial charge in [-0.05, 0) is 38.6 Å². The monoisotopic (exact) mass is 312 g/mol. The molecule has 0 radical (unpaired) electrons. The number of esters is 1. The van der Waals surface area contributed by atoms with E-state index >= 15 is 0 Å². The van der Waals surface area contributed by atoms with Crippen LogP contribution < -0.4 is 5.32 Å². The highest BCUT2D eigenvalue weighted by molar-refractivity contribution is 7.99. The normalized spacial score (nSPS) is 17.5. The third-order valence-electron chi connectivity index (χ3n) is 3.70. The van der Waals surface area contributed by atoms with Gasteiger partial charge in [0.1, 0.15) is 11.9 Å². The maximum atomic E-state index is 12.6. The van der Waals surface area contributed by atoms with Gasteiger partial charge in [-0.1, -0.05) is 18.7 Å². The molecule has 2 rings (SSSR count). The van der Waals surface area contributed by atoms with Crippen LogP contribution >= 0.6 is 11.8 Å². The Morgan fingerprint density at radius 3 is 2.86 bits per heavy atom. The Hall–Kier alpha value is -1.08. The number of aryl methyl sites for hydroxylation is 1. The van der Waals surface area contributed by atoms with Crippen molar-refractivity contribution in [3.8, 4) is 0 Å². The van der Waals surface area contributed by atoms with Crippen LogP contribution in [0.4, 0.5) is 0 Å². The summed E-state index contributed by atoms with van der Waals surface area (Å²) in [6, 6.07) is 0. The zero-order valence-electron chi connectivity index (χ0n) is 13.0. The predicted molar refractivity (Wildman–Crippen MR) is 82.1 cm³/mol. The van der Waals surface area contributed by atoms with Crippen molar-refractivity contribution >= 4 is 17.7 Å². The van der Waals surface area contributed by atoms with Crippen molar-refractivity contribution in [3.05, 3.63) is 6.33 Å². The molecule has 1 fully saturated rings. The summed E-state index contributed by atoms with van der Waals surface area (Å²) in [5, 5.41) is 12.2. The first-order valence-corrected chi connectivity index (χ1v) is 8.51. The molecule has 21 heavy (non-hydrogen) atoms. The van der Waals surface area contributed by atoms with Crippen LogP contribution in [0.5, 0.6) is 0 Å². The van der Waals surface area contributed by atoms with E-state index in [4.69, 9.17) is 4.74 Å². The highest BCUT2D eigenvalue weighted by Crippen LogP contribution is 2.43. The summed E-state index contributed by atoms with van der Waals surface area (Å²) in [4.78, 5) is 12.6. The number of carbonyl (C=O) groups excluding carboxylic acids is 1. The van der Waals surface area contributed by atoms with E-state index < -0.39 is 5.54 Å². The van der Waals surface area contributed by atoms with E-state index in [0.29, 0.717) is 18.3 Å². The number of hydrogen-bond acceptors (Lipinski definition) is 6. The van der Waals surface area contributed by atoms with Gasteiger partial charge in [0.15, 0.2) is 5.16 Å². The van der Waals surface area contributed by atoms with Gasteiger partial charge < -0.3 is 14.6 Å². The minimum Gasteiger partial charge on any atom is -0.465 e. The summed E-state index contributed by atoms with van der Waals surface area (Å²) in [6.07, 6.45) is 4.82. The molecular formula is C14H24N4O2S. The average Bonchev–Trinajstić information content (AvgIpc) is 3.24. The summed E-state index contributed by atoms with van der Waals surface area (Å²) < 4.78 is 7.22. The molecule has 0 aliphatic heterocycles. The van der Waals surface area contributed by atoms with Crippen LogP contribution in [-0.4, -0.2) is 45.2 Å². The molecule has 1 aromatic rings. The van der Waals surface area contributed by atoms with Crippen molar-refractivity contribution in [1.29, 1.82) is 0 Å². The Balaban J connectivity index is 2.12. The molecule has 1 aliphatic carbocycles. The number of ether oxygens (including phenoxy) is 1. The third-order valence-corrected chi connectivity index (χ3v) is 4.93. The van der Waals surface area contributed by atoms with Crippen molar-refractivity contribution in [2.75, 3.05) is 18.9 Å². The first-order valence-electron chi connectivity index (χ1n) is 7.53. The number of hydrogen-bond donors (Lipinski definition) is 1. The fourth-order valence-electron chi connectivity index (χ4n) is 2.38. The highest BCUT2D eigenvalue weighted by atomic mass is 32.2.